The van der Waals surface area contributed by atoms with Gasteiger partial charge in [-0.2, -0.15) is 10.5 Å². The molecule has 1 N–H and O–H groups in total. The molecule has 0 fully saturated rings. The first kappa shape index (κ1) is 17.9. The van der Waals surface area contributed by atoms with E-state index in [0.717, 1.165) is 0 Å². The number of aliphatic carboxylic acids is 1. The molecule has 126 valence electrons. The minimum atomic E-state index is -1.20. The van der Waals surface area contributed by atoms with Crippen LogP contribution in [0.1, 0.15) is 30.9 Å². The van der Waals surface area contributed by atoms with Gasteiger partial charge in [0.15, 0.2) is 5.70 Å². The Morgan fingerprint density at radius 2 is 1.96 bits per heavy atom. The van der Waals surface area contributed by atoms with Crippen LogP contribution >= 0.6 is 0 Å². The Morgan fingerprint density at radius 1 is 1.28 bits per heavy atom. The van der Waals surface area contributed by atoms with Crippen LogP contribution in [0, 0.1) is 28.6 Å². The van der Waals surface area contributed by atoms with Crippen molar-refractivity contribution in [1.29, 1.82) is 10.5 Å². The van der Waals surface area contributed by atoms with Crippen LogP contribution in [0.2, 0.25) is 0 Å². The maximum Gasteiger partial charge on any atom is 0.337 e. The largest absolute Gasteiger partial charge is 0.481 e. The van der Waals surface area contributed by atoms with Gasteiger partial charge in [-0.15, -0.1) is 0 Å². The number of nitriles is 2. The van der Waals surface area contributed by atoms with Crippen LogP contribution in [0.3, 0.4) is 0 Å². The molecule has 2 unspecified atom stereocenters. The van der Waals surface area contributed by atoms with Gasteiger partial charge in [0.2, 0.25) is 0 Å². The third-order valence-corrected chi connectivity index (χ3v) is 3.92. The van der Waals surface area contributed by atoms with Gasteiger partial charge in [-0.1, -0.05) is 18.2 Å². The summed E-state index contributed by atoms with van der Waals surface area (Å²) in [5, 5.41) is 28.4. The van der Waals surface area contributed by atoms with E-state index >= 15 is 0 Å². The van der Waals surface area contributed by atoms with Crippen LogP contribution in [0.5, 0.6) is 0 Å². The molecule has 0 spiro atoms. The molecular formula is C18H15N3O4. The van der Waals surface area contributed by atoms with Crippen LogP contribution in [-0.4, -0.2) is 29.4 Å². The normalized spacial score (nSPS) is 19.4. The van der Waals surface area contributed by atoms with E-state index in [1.54, 1.807) is 25.1 Å². The zero-order valence-electron chi connectivity index (χ0n) is 13.7. The third kappa shape index (κ3) is 3.26. The van der Waals surface area contributed by atoms with E-state index in [1.165, 1.54) is 13.0 Å². The summed E-state index contributed by atoms with van der Waals surface area (Å²) in [5.41, 5.74) is 0.445. The van der Waals surface area contributed by atoms with Crippen molar-refractivity contribution in [1.82, 2.24) is 0 Å². The Bertz CT molecular complexity index is 871. The Kier molecular flexibility index (Phi) is 5.31. The second-order valence-corrected chi connectivity index (χ2v) is 5.34. The van der Waals surface area contributed by atoms with E-state index in [1.807, 2.05) is 12.1 Å². The highest BCUT2D eigenvalue weighted by Gasteiger charge is 2.43. The summed E-state index contributed by atoms with van der Waals surface area (Å²) in [6, 6.07) is 10.2. The van der Waals surface area contributed by atoms with Crippen molar-refractivity contribution in [3.8, 4) is 12.1 Å². The van der Waals surface area contributed by atoms with Crippen molar-refractivity contribution in [2.24, 2.45) is 10.9 Å². The number of ether oxygens (including phenoxy) is 1. The molecule has 2 rings (SSSR count). The molecule has 0 aliphatic carbocycles. The summed E-state index contributed by atoms with van der Waals surface area (Å²) in [7, 11) is 0. The molecule has 25 heavy (non-hydrogen) atoms. The molecule has 0 aromatic heterocycles. The number of carbonyl (C=O) groups excluding carboxylic acids is 1. The lowest BCUT2D eigenvalue weighted by atomic mass is 9.74. The summed E-state index contributed by atoms with van der Waals surface area (Å²) in [6.07, 6.45) is 0. The van der Waals surface area contributed by atoms with Crippen LogP contribution in [0.15, 0.2) is 40.5 Å². The number of aliphatic imine (C=N–C) groups is 1. The standard InChI is InChI=1S/C18H15N3O4/c1-3-25-18(24)16-13(9-20)21-10(2)14(17(22)23)15(16)12-7-5-4-6-11(12)8-19/h4-7,14-15H,3H2,1-2H3,(H,22,23). The lowest BCUT2D eigenvalue weighted by Crippen LogP contribution is -2.36. The SMILES string of the molecule is CCOC(=O)C1=C(C#N)N=C(C)C(C(=O)O)C1c1ccccc1C#N. The molecule has 0 amide bonds. The number of carboxylic acid groups (broad SMARTS) is 1. The lowest BCUT2D eigenvalue weighted by Gasteiger charge is -2.30. The fraction of sp³-hybridized carbons (Fsp3) is 0.278. The summed E-state index contributed by atoms with van der Waals surface area (Å²) >= 11 is 0. The number of esters is 1. The number of benzene rings is 1. The van der Waals surface area contributed by atoms with Gasteiger partial charge in [0.25, 0.3) is 0 Å². The number of hydrogen-bond donors (Lipinski definition) is 1. The number of hydrogen-bond acceptors (Lipinski definition) is 6. The Hall–Kier alpha value is -3.45. The topological polar surface area (TPSA) is 124 Å². The molecule has 0 radical (unpaired) electrons. The Balaban J connectivity index is 2.80. The monoisotopic (exact) mass is 337 g/mol. The van der Waals surface area contributed by atoms with Gasteiger partial charge >= 0.3 is 11.9 Å². The highest BCUT2D eigenvalue weighted by molar-refractivity contribution is 6.07. The fourth-order valence-corrected chi connectivity index (χ4v) is 2.91. The molecule has 1 heterocycles. The summed E-state index contributed by atoms with van der Waals surface area (Å²) in [5.74, 6) is -4.21. The molecule has 0 saturated carbocycles. The molecule has 7 heteroatoms. The van der Waals surface area contributed by atoms with Crippen molar-refractivity contribution >= 4 is 17.7 Å². The van der Waals surface area contributed by atoms with E-state index < -0.39 is 23.8 Å². The first-order valence-corrected chi connectivity index (χ1v) is 7.54. The predicted octanol–water partition coefficient (Wildman–Crippen LogP) is 2.16. The zero-order valence-corrected chi connectivity index (χ0v) is 13.7. The van der Waals surface area contributed by atoms with Gasteiger partial charge in [-0.05, 0) is 25.5 Å². The molecule has 1 aliphatic rings. The number of rotatable bonds is 4. The zero-order chi connectivity index (χ0) is 18.6. The molecule has 1 aliphatic heterocycles. The smallest absolute Gasteiger partial charge is 0.337 e. The molecule has 1 aromatic rings. The third-order valence-electron chi connectivity index (χ3n) is 3.92. The van der Waals surface area contributed by atoms with Gasteiger partial charge in [-0.25, -0.2) is 9.79 Å². The van der Waals surface area contributed by atoms with Gasteiger partial charge in [0.05, 0.1) is 23.8 Å². The van der Waals surface area contributed by atoms with Crippen molar-refractivity contribution in [2.75, 3.05) is 6.61 Å². The minimum absolute atomic E-state index is 0.0636. The van der Waals surface area contributed by atoms with Gasteiger partial charge in [-0.3, -0.25) is 4.79 Å². The number of carbonyl (C=O) groups is 2. The quantitative estimate of drug-likeness (QED) is 0.840. The average molecular weight is 337 g/mol. The van der Waals surface area contributed by atoms with Gasteiger partial charge in [0.1, 0.15) is 12.0 Å². The lowest BCUT2D eigenvalue weighted by molar-refractivity contribution is -0.141. The second kappa shape index (κ2) is 7.41. The molecule has 0 saturated heterocycles. The van der Waals surface area contributed by atoms with Crippen LogP contribution in [-0.2, 0) is 14.3 Å². The van der Waals surface area contributed by atoms with Crippen LogP contribution in [0.25, 0.3) is 0 Å². The van der Waals surface area contributed by atoms with Gasteiger partial charge in [0, 0.05) is 11.6 Å². The molecule has 1 aromatic carbocycles. The highest BCUT2D eigenvalue weighted by atomic mass is 16.5. The highest BCUT2D eigenvalue weighted by Crippen LogP contribution is 2.40. The molecular weight excluding hydrogens is 322 g/mol. The van der Waals surface area contributed by atoms with Crippen LogP contribution in [0.4, 0.5) is 0 Å². The molecule has 2 atom stereocenters. The minimum Gasteiger partial charge on any atom is -0.481 e. The Morgan fingerprint density at radius 3 is 2.52 bits per heavy atom. The van der Waals surface area contributed by atoms with Crippen LogP contribution < -0.4 is 0 Å². The van der Waals surface area contributed by atoms with E-state index in [9.17, 15) is 25.2 Å². The summed E-state index contributed by atoms with van der Waals surface area (Å²) in [4.78, 5) is 28.3. The van der Waals surface area contributed by atoms with E-state index in [4.69, 9.17) is 4.74 Å². The van der Waals surface area contributed by atoms with Gasteiger partial charge < -0.3 is 9.84 Å². The maximum absolute atomic E-state index is 12.4. The molecule has 7 nitrogen and oxygen atoms in total. The Labute approximate surface area is 144 Å². The van der Waals surface area contributed by atoms with E-state index in [2.05, 4.69) is 4.99 Å². The summed E-state index contributed by atoms with van der Waals surface area (Å²) < 4.78 is 5.01. The van der Waals surface area contributed by atoms with E-state index in [0.29, 0.717) is 5.56 Å². The number of carboxylic acids is 1. The number of nitrogens with zero attached hydrogens (tertiary/aromatic N) is 3. The van der Waals surface area contributed by atoms with Crippen molar-refractivity contribution in [2.45, 2.75) is 19.8 Å². The molecule has 0 bridgehead atoms. The van der Waals surface area contributed by atoms with E-state index in [-0.39, 0.29) is 29.2 Å². The predicted molar refractivity (Wildman–Crippen MR) is 87.4 cm³/mol. The fourth-order valence-electron chi connectivity index (χ4n) is 2.91. The number of allylic oxidation sites excluding steroid dienone is 1. The maximum atomic E-state index is 12.4. The summed E-state index contributed by atoms with van der Waals surface area (Å²) in [6.45, 7) is 3.16. The van der Waals surface area contributed by atoms with Crippen molar-refractivity contribution in [3.05, 3.63) is 46.7 Å². The second-order valence-electron chi connectivity index (χ2n) is 5.34. The first-order chi connectivity index (χ1) is 12.0. The van der Waals surface area contributed by atoms with Crippen molar-refractivity contribution in [3.63, 3.8) is 0 Å². The first-order valence-electron chi connectivity index (χ1n) is 7.54. The average Bonchev–Trinajstić information content (AvgIpc) is 2.60. The van der Waals surface area contributed by atoms with Crippen molar-refractivity contribution < 1.29 is 19.4 Å².